The second kappa shape index (κ2) is 8.37. The lowest BCUT2D eigenvalue weighted by atomic mass is 9.84. The van der Waals surface area contributed by atoms with Crippen LogP contribution in [0.1, 0.15) is 29.8 Å². The molecule has 0 bridgehead atoms. The van der Waals surface area contributed by atoms with Gasteiger partial charge in [0.1, 0.15) is 0 Å². The Kier molecular flexibility index (Phi) is 6.01. The van der Waals surface area contributed by atoms with E-state index in [1.54, 1.807) is 41.7 Å². The van der Waals surface area contributed by atoms with Gasteiger partial charge in [-0.2, -0.15) is 13.2 Å². The zero-order valence-electron chi connectivity index (χ0n) is 17.0. The fraction of sp³-hybridized carbons (Fsp3) is 0.261. The van der Waals surface area contributed by atoms with Gasteiger partial charge in [0, 0.05) is 24.7 Å². The minimum Gasteiger partial charge on any atom is -0.331 e. The normalized spacial score (nSPS) is 19.0. The summed E-state index contributed by atoms with van der Waals surface area (Å²) < 4.78 is 43.2. The zero-order valence-corrected chi connectivity index (χ0v) is 17.0. The number of nitrogens with zero attached hydrogens (tertiary/aromatic N) is 1. The summed E-state index contributed by atoms with van der Waals surface area (Å²) in [5.41, 5.74) is -3.52. The first kappa shape index (κ1) is 22.3. The van der Waals surface area contributed by atoms with Crippen molar-refractivity contribution < 1.29 is 27.6 Å². The van der Waals surface area contributed by atoms with E-state index in [9.17, 15) is 27.6 Å². The third kappa shape index (κ3) is 3.97. The number of carbonyl (C=O) groups is 3. The van der Waals surface area contributed by atoms with Gasteiger partial charge in [0.05, 0.1) is 5.57 Å². The first-order valence-electron chi connectivity index (χ1n) is 9.62. The Labute approximate surface area is 177 Å². The number of halogens is 3. The molecule has 0 saturated carbocycles. The third-order valence-corrected chi connectivity index (χ3v) is 5.23. The van der Waals surface area contributed by atoms with Crippen LogP contribution in [0.15, 0.2) is 71.9 Å². The maximum Gasteiger partial charge on any atom is 0.425 e. The molecule has 162 valence electrons. The second-order valence-corrected chi connectivity index (χ2v) is 7.28. The summed E-state index contributed by atoms with van der Waals surface area (Å²) in [6.07, 6.45) is -4.94. The Balaban J connectivity index is 2.12. The number of carbonyl (C=O) groups excluding carboxylic acids is 3. The molecule has 0 aromatic heterocycles. The highest BCUT2D eigenvalue weighted by Crippen LogP contribution is 2.45. The van der Waals surface area contributed by atoms with Crippen LogP contribution in [0, 0.1) is 0 Å². The minimum absolute atomic E-state index is 0.00598. The highest BCUT2D eigenvalue weighted by Gasteiger charge is 2.70. The molecule has 0 aliphatic carbocycles. The molecule has 0 fully saturated rings. The van der Waals surface area contributed by atoms with Gasteiger partial charge in [0.2, 0.25) is 11.4 Å². The molecule has 1 aliphatic rings. The van der Waals surface area contributed by atoms with E-state index in [2.05, 4.69) is 0 Å². The lowest BCUT2D eigenvalue weighted by molar-refractivity contribution is -0.193. The van der Waals surface area contributed by atoms with Crippen molar-refractivity contribution in [2.45, 2.75) is 32.0 Å². The summed E-state index contributed by atoms with van der Waals surface area (Å²) in [7, 11) is 0. The van der Waals surface area contributed by atoms with Gasteiger partial charge in [0.25, 0.3) is 5.91 Å². The smallest absolute Gasteiger partial charge is 0.331 e. The molecule has 31 heavy (non-hydrogen) atoms. The Bertz CT molecular complexity index is 1030. The Morgan fingerprint density at radius 3 is 2.06 bits per heavy atom. The van der Waals surface area contributed by atoms with E-state index in [1.165, 1.54) is 31.2 Å². The molecule has 5 nitrogen and oxygen atoms in total. The molecular weight excluding hydrogens is 409 g/mol. The summed E-state index contributed by atoms with van der Waals surface area (Å²) >= 11 is 0. The highest BCUT2D eigenvalue weighted by molar-refractivity contribution is 6.18. The fourth-order valence-corrected chi connectivity index (χ4v) is 3.81. The van der Waals surface area contributed by atoms with E-state index >= 15 is 0 Å². The van der Waals surface area contributed by atoms with E-state index in [-0.39, 0.29) is 24.2 Å². The largest absolute Gasteiger partial charge is 0.425 e. The average molecular weight is 430 g/mol. The number of nitrogens with one attached hydrogen (secondary N) is 1. The van der Waals surface area contributed by atoms with Crippen molar-refractivity contribution >= 4 is 17.6 Å². The standard InChI is InChI=1S/C23H21F3N2O3/c1-15-19(20(30)18-11-7-4-8-12-18)22(23(24,25)26,27-16(2)29)21(31)28(15)14-13-17-9-5-3-6-10-17/h3-12H,13-14H2,1-2H3,(H,27,29). The molecule has 2 aromatic carbocycles. The van der Waals surface area contributed by atoms with Crippen molar-refractivity contribution in [3.05, 3.63) is 83.1 Å². The summed E-state index contributed by atoms with van der Waals surface area (Å²) in [5, 5.41) is 1.77. The van der Waals surface area contributed by atoms with Crippen LogP contribution in [0.3, 0.4) is 0 Å². The second-order valence-electron chi connectivity index (χ2n) is 7.28. The highest BCUT2D eigenvalue weighted by atomic mass is 19.4. The fourth-order valence-electron chi connectivity index (χ4n) is 3.81. The number of benzene rings is 2. The van der Waals surface area contributed by atoms with Crippen LogP contribution in [0.5, 0.6) is 0 Å². The molecular formula is C23H21F3N2O3. The number of alkyl halides is 3. The van der Waals surface area contributed by atoms with Gasteiger partial charge in [-0.15, -0.1) is 0 Å². The number of rotatable bonds is 6. The lowest BCUT2D eigenvalue weighted by Crippen LogP contribution is -2.65. The first-order chi connectivity index (χ1) is 14.6. The van der Waals surface area contributed by atoms with Gasteiger partial charge < -0.3 is 10.2 Å². The summed E-state index contributed by atoms with van der Waals surface area (Å²) in [6.45, 7) is 2.11. The Morgan fingerprint density at radius 1 is 1.00 bits per heavy atom. The van der Waals surface area contributed by atoms with Crippen molar-refractivity contribution in [2.75, 3.05) is 6.54 Å². The third-order valence-electron chi connectivity index (χ3n) is 5.23. The van der Waals surface area contributed by atoms with Gasteiger partial charge >= 0.3 is 6.18 Å². The lowest BCUT2D eigenvalue weighted by Gasteiger charge is -2.33. The van der Waals surface area contributed by atoms with Crippen LogP contribution >= 0.6 is 0 Å². The molecule has 0 spiro atoms. The van der Waals surface area contributed by atoms with Crippen molar-refractivity contribution in [2.24, 2.45) is 0 Å². The molecule has 1 N–H and O–H groups in total. The molecule has 1 aliphatic heterocycles. The van der Waals surface area contributed by atoms with Crippen molar-refractivity contribution in [1.82, 2.24) is 10.2 Å². The van der Waals surface area contributed by atoms with Gasteiger partial charge in [-0.3, -0.25) is 14.4 Å². The predicted octanol–water partition coefficient (Wildman–Crippen LogP) is 3.67. The number of allylic oxidation sites excluding steroid dienone is 1. The van der Waals surface area contributed by atoms with Gasteiger partial charge in [-0.05, 0) is 18.9 Å². The van der Waals surface area contributed by atoms with Gasteiger partial charge in [-0.1, -0.05) is 60.7 Å². The molecule has 1 unspecified atom stereocenters. The number of hydrogen-bond donors (Lipinski definition) is 1. The van der Waals surface area contributed by atoms with Crippen molar-refractivity contribution in [3.63, 3.8) is 0 Å². The number of amides is 2. The molecule has 1 heterocycles. The minimum atomic E-state index is -5.22. The van der Waals surface area contributed by atoms with E-state index in [4.69, 9.17) is 0 Å². The molecule has 0 radical (unpaired) electrons. The first-order valence-corrected chi connectivity index (χ1v) is 9.62. The molecule has 3 rings (SSSR count). The Morgan fingerprint density at radius 2 is 1.55 bits per heavy atom. The molecule has 2 aromatic rings. The van der Waals surface area contributed by atoms with E-state index in [0.717, 1.165) is 17.4 Å². The van der Waals surface area contributed by atoms with Gasteiger partial charge in [-0.25, -0.2) is 0 Å². The zero-order chi connectivity index (χ0) is 22.8. The van der Waals surface area contributed by atoms with E-state index < -0.39 is 34.9 Å². The Hall–Kier alpha value is -3.42. The van der Waals surface area contributed by atoms with Crippen LogP contribution in [0.25, 0.3) is 0 Å². The molecule has 1 atom stereocenters. The van der Waals surface area contributed by atoms with Crippen LogP contribution in [0.2, 0.25) is 0 Å². The molecule has 2 amide bonds. The summed E-state index contributed by atoms with van der Waals surface area (Å²) in [5.74, 6) is -3.41. The maximum absolute atomic E-state index is 14.4. The van der Waals surface area contributed by atoms with Crippen molar-refractivity contribution in [1.29, 1.82) is 0 Å². The average Bonchev–Trinajstić information content (AvgIpc) is 2.94. The number of Topliss-reactive ketones (excluding diaryl/α,β-unsaturated/α-hetero) is 1. The maximum atomic E-state index is 14.4. The summed E-state index contributed by atoms with van der Waals surface area (Å²) in [4.78, 5) is 39.1. The van der Waals surface area contributed by atoms with Gasteiger partial charge in [0.15, 0.2) is 5.78 Å². The number of hydrogen-bond acceptors (Lipinski definition) is 3. The topological polar surface area (TPSA) is 66.5 Å². The van der Waals surface area contributed by atoms with Crippen LogP contribution in [-0.4, -0.2) is 40.8 Å². The van der Waals surface area contributed by atoms with E-state index in [0.29, 0.717) is 0 Å². The van der Waals surface area contributed by atoms with E-state index in [1.807, 2.05) is 0 Å². The quantitative estimate of drug-likeness (QED) is 0.712. The van der Waals surface area contributed by atoms with Crippen LogP contribution in [0.4, 0.5) is 13.2 Å². The summed E-state index contributed by atoms with van der Waals surface area (Å²) in [6, 6.07) is 16.3. The predicted molar refractivity (Wildman–Crippen MR) is 108 cm³/mol. The monoisotopic (exact) mass is 430 g/mol. The SMILES string of the molecule is CC(=O)NC1(C(F)(F)F)C(=O)N(CCc2ccccc2)C(C)=C1C(=O)c1ccccc1. The van der Waals surface area contributed by atoms with Crippen LogP contribution in [-0.2, 0) is 16.0 Å². The molecule has 8 heteroatoms. The molecule has 0 saturated heterocycles. The van der Waals surface area contributed by atoms with Crippen molar-refractivity contribution in [3.8, 4) is 0 Å². The van der Waals surface area contributed by atoms with Crippen LogP contribution < -0.4 is 5.32 Å². The number of ketones is 1.